The van der Waals surface area contributed by atoms with Crippen molar-refractivity contribution in [3.8, 4) is 22.4 Å². The van der Waals surface area contributed by atoms with Gasteiger partial charge in [0.15, 0.2) is 0 Å². The van der Waals surface area contributed by atoms with Crippen LogP contribution in [0.2, 0.25) is 0 Å². The molecule has 0 N–H and O–H groups in total. The summed E-state index contributed by atoms with van der Waals surface area (Å²) < 4.78 is 6.01. The van der Waals surface area contributed by atoms with Gasteiger partial charge in [-0.15, -0.1) is 53.2 Å². The van der Waals surface area contributed by atoms with Crippen LogP contribution in [0.15, 0.2) is 91.5 Å². The first-order chi connectivity index (χ1) is 18.9. The first-order valence-corrected chi connectivity index (χ1v) is 14.0. The third-order valence-electron chi connectivity index (χ3n) is 6.73. The van der Waals surface area contributed by atoms with E-state index in [1.807, 2.05) is 66.2 Å². The van der Waals surface area contributed by atoms with Crippen molar-refractivity contribution in [2.24, 2.45) is 0 Å². The molecule has 1 aliphatic heterocycles. The molecule has 0 bridgehead atoms. The first kappa shape index (κ1) is 29.7. The number of rotatable bonds is 5. The topological polar surface area (TPSA) is 32.3 Å². The van der Waals surface area contributed by atoms with E-state index in [1.165, 1.54) is 26.8 Å². The molecule has 6 heteroatoms. The summed E-state index contributed by atoms with van der Waals surface area (Å²) >= 11 is 1.60. The van der Waals surface area contributed by atoms with E-state index in [-0.39, 0.29) is 20.1 Å². The molecule has 0 fully saturated rings. The Morgan fingerprint density at radius 2 is 1.65 bits per heavy atom. The molecule has 0 saturated carbocycles. The Bertz CT molecular complexity index is 1560. The second-order valence-electron chi connectivity index (χ2n) is 10.3. The summed E-state index contributed by atoms with van der Waals surface area (Å²) in [4.78, 5) is 8.09. The molecule has 0 unspecified atom stereocenters. The van der Waals surface area contributed by atoms with Crippen molar-refractivity contribution >= 4 is 27.3 Å². The van der Waals surface area contributed by atoms with Gasteiger partial charge in [0, 0.05) is 22.8 Å². The van der Waals surface area contributed by atoms with Crippen LogP contribution in [0, 0.1) is 18.8 Å². The van der Waals surface area contributed by atoms with E-state index in [1.54, 1.807) is 23.9 Å². The molecule has 4 nitrogen and oxygen atoms in total. The smallest absolute Gasteiger partial charge is 0.510 e. The molecule has 0 spiro atoms. The number of nitrogens with zero attached hydrogens (tertiary/aromatic N) is 4. The molecule has 204 valence electrons. The fraction of sp³-hybridized carbons (Fsp3) is 0.206. The molecule has 1 aliphatic rings. The number of hydrogen-bond donors (Lipinski definition) is 0. The predicted molar refractivity (Wildman–Crippen MR) is 164 cm³/mol. The van der Waals surface area contributed by atoms with E-state index in [0.717, 1.165) is 22.5 Å². The summed E-state index contributed by atoms with van der Waals surface area (Å²) in [6, 6.07) is 29.5. The second-order valence-corrected chi connectivity index (χ2v) is 11.1. The number of pyridine rings is 1. The van der Waals surface area contributed by atoms with Gasteiger partial charge in [0.2, 0.25) is 0 Å². The number of anilines is 1. The van der Waals surface area contributed by atoms with Crippen LogP contribution in [0.1, 0.15) is 50.7 Å². The maximum Gasteiger partial charge on any atom is 3.00 e. The van der Waals surface area contributed by atoms with Crippen molar-refractivity contribution < 1.29 is 20.1 Å². The number of fused-ring (bicyclic) bond motifs is 1. The molecule has 3 aromatic carbocycles. The summed E-state index contributed by atoms with van der Waals surface area (Å²) in [6.45, 7) is 11.0. The quantitative estimate of drug-likeness (QED) is 0.170. The third-order valence-corrected chi connectivity index (χ3v) is 7.52. The maximum atomic E-state index is 4.72. The average Bonchev–Trinajstić information content (AvgIpc) is 3.60. The zero-order valence-electron chi connectivity index (χ0n) is 23.4. The Hall–Kier alpha value is -3.31. The van der Waals surface area contributed by atoms with Crippen LogP contribution in [0.25, 0.3) is 32.5 Å². The molecule has 0 saturated heterocycles. The molecule has 0 radical (unpaired) electrons. The molecule has 2 aromatic heterocycles. The summed E-state index contributed by atoms with van der Waals surface area (Å²) in [5.41, 5.74) is 8.33. The predicted octanol–water partition coefficient (Wildman–Crippen LogP) is 8.90. The summed E-state index contributed by atoms with van der Waals surface area (Å²) in [7, 11) is 2.00. The Balaban J connectivity index is 0.000000182. The van der Waals surface area contributed by atoms with E-state index in [4.69, 9.17) is 4.37 Å². The second kappa shape index (κ2) is 13.4. The first-order valence-electron chi connectivity index (χ1n) is 13.3. The molecule has 6 rings (SSSR count). The van der Waals surface area contributed by atoms with E-state index in [9.17, 15) is 0 Å². The van der Waals surface area contributed by atoms with E-state index < -0.39 is 0 Å². The minimum atomic E-state index is 0. The minimum absolute atomic E-state index is 0. The summed E-state index contributed by atoms with van der Waals surface area (Å²) in [5.74, 6) is 1.03. The molecule has 0 aliphatic carbocycles. The van der Waals surface area contributed by atoms with E-state index in [2.05, 4.69) is 81.2 Å². The zero-order valence-corrected chi connectivity index (χ0v) is 26.6. The van der Waals surface area contributed by atoms with Gasteiger partial charge in [0.25, 0.3) is 0 Å². The van der Waals surface area contributed by atoms with Crippen molar-refractivity contribution in [2.75, 3.05) is 11.9 Å². The van der Waals surface area contributed by atoms with Crippen molar-refractivity contribution in [1.29, 1.82) is 0 Å². The Kier molecular flexibility index (Phi) is 9.91. The van der Waals surface area contributed by atoms with Crippen LogP contribution in [-0.2, 0) is 20.1 Å². The molecule has 5 aromatic rings. The van der Waals surface area contributed by atoms with Crippen LogP contribution >= 0.6 is 11.5 Å². The zero-order chi connectivity index (χ0) is 27.4. The molecule has 40 heavy (non-hydrogen) atoms. The summed E-state index contributed by atoms with van der Waals surface area (Å²) in [5, 5.41) is 1.31. The Morgan fingerprint density at radius 3 is 2.30 bits per heavy atom. The van der Waals surface area contributed by atoms with Gasteiger partial charge in [0.1, 0.15) is 0 Å². The fourth-order valence-electron chi connectivity index (χ4n) is 4.56. The normalized spacial score (nSPS) is 12.6. The van der Waals surface area contributed by atoms with E-state index in [0.29, 0.717) is 11.8 Å². The summed E-state index contributed by atoms with van der Waals surface area (Å²) in [6.07, 6.45) is 7.64. The van der Waals surface area contributed by atoms with Crippen LogP contribution < -0.4 is 4.90 Å². The number of hydrogen-bond acceptors (Lipinski definition) is 5. The van der Waals surface area contributed by atoms with Crippen LogP contribution in [0.3, 0.4) is 0 Å². The monoisotopic (exact) mass is 722 g/mol. The van der Waals surface area contributed by atoms with Gasteiger partial charge >= 0.3 is 20.1 Å². The van der Waals surface area contributed by atoms with Crippen molar-refractivity contribution in [3.63, 3.8) is 0 Å². The van der Waals surface area contributed by atoms with Gasteiger partial charge < -0.3 is 9.80 Å². The van der Waals surface area contributed by atoms with Crippen molar-refractivity contribution in [3.05, 3.63) is 121 Å². The Labute approximate surface area is 255 Å². The van der Waals surface area contributed by atoms with Gasteiger partial charge in [0.05, 0.1) is 0 Å². The molecular weight excluding hydrogens is 689 g/mol. The van der Waals surface area contributed by atoms with Crippen LogP contribution in [0.4, 0.5) is 5.69 Å². The van der Waals surface area contributed by atoms with Gasteiger partial charge in [-0.3, -0.25) is 4.98 Å². The van der Waals surface area contributed by atoms with E-state index >= 15 is 0 Å². The molecule has 0 atom stereocenters. The Morgan fingerprint density at radius 1 is 0.850 bits per heavy atom. The fourth-order valence-corrected chi connectivity index (χ4v) is 5.43. The van der Waals surface area contributed by atoms with Gasteiger partial charge in [-0.05, 0) is 83.1 Å². The molecular formula is C34H33IrN4S. The number of benzene rings is 3. The SMILES string of the molecule is CC(C)c1cc(C(C)C)c2c(-c3[c-]cccc3)nsc2c1.CN1C=CN(c2[c-]ccc(-c3ccncc3)c2)[CH-]1.[Ir+3]. The van der Waals surface area contributed by atoms with Gasteiger partial charge in [-0.1, -0.05) is 33.8 Å². The standard InChI is InChI=1S/C19H20NS.C15H13N3.Ir/c1-12(2)15-10-16(13(3)4)18-17(11-15)21-20-19(18)14-8-6-5-7-9-14;1-17-9-10-18(12-17)15-4-2-3-14(11-15)13-5-7-16-8-6-13;/h5-8,10-13H,1-4H3;2-3,5-12H,1H3;/q-1;-2;+3. The molecule has 3 heterocycles. The molecule has 0 amide bonds. The van der Waals surface area contributed by atoms with Crippen LogP contribution in [0.5, 0.6) is 0 Å². The average molecular weight is 722 g/mol. The van der Waals surface area contributed by atoms with Crippen molar-refractivity contribution in [1.82, 2.24) is 14.3 Å². The largest absolute Gasteiger partial charge is 3.00 e. The minimum Gasteiger partial charge on any atom is -0.510 e. The van der Waals surface area contributed by atoms with Crippen molar-refractivity contribution in [2.45, 2.75) is 39.5 Å². The third kappa shape index (κ3) is 6.69. The van der Waals surface area contributed by atoms with Crippen LogP contribution in [-0.4, -0.2) is 21.3 Å². The van der Waals surface area contributed by atoms with Gasteiger partial charge in [-0.25, -0.2) is 4.37 Å². The number of aromatic nitrogens is 2. The van der Waals surface area contributed by atoms with Gasteiger partial charge in [-0.2, -0.15) is 24.9 Å². The maximum absolute atomic E-state index is 4.72.